The van der Waals surface area contributed by atoms with Gasteiger partial charge in [-0.3, -0.25) is 0 Å². The Morgan fingerprint density at radius 2 is 1.89 bits per heavy atom. The second-order valence-corrected chi connectivity index (χ2v) is 7.44. The second-order valence-electron chi connectivity index (χ2n) is 6.32. The van der Waals surface area contributed by atoms with Crippen LogP contribution in [-0.4, -0.2) is 17.8 Å². The van der Waals surface area contributed by atoms with Crippen molar-refractivity contribution in [2.45, 2.75) is 56.8 Å². The predicted molar refractivity (Wildman–Crippen MR) is 82.0 cm³/mol. The van der Waals surface area contributed by atoms with Crippen LogP contribution in [0.4, 0.5) is 4.39 Å². The monoisotopic (exact) mass is 279 g/mol. The lowest BCUT2D eigenvalue weighted by atomic mass is 9.79. The molecule has 19 heavy (non-hydrogen) atoms. The van der Waals surface area contributed by atoms with Gasteiger partial charge in [-0.1, -0.05) is 12.1 Å². The van der Waals surface area contributed by atoms with Gasteiger partial charge in [-0.15, -0.1) is 0 Å². The van der Waals surface area contributed by atoms with E-state index in [4.69, 9.17) is 4.65 Å². The summed E-state index contributed by atoms with van der Waals surface area (Å²) in [5, 5.41) is 0. The fraction of sp³-hybridized carbons (Fsp3) is 0.600. The third-order valence-corrected chi connectivity index (χ3v) is 4.56. The van der Waals surface area contributed by atoms with Crippen LogP contribution in [0.5, 0.6) is 0 Å². The summed E-state index contributed by atoms with van der Waals surface area (Å²) in [4.78, 5) is 0. The van der Waals surface area contributed by atoms with Gasteiger partial charge in [0, 0.05) is 4.75 Å². The highest BCUT2D eigenvalue weighted by Crippen LogP contribution is 2.40. The molecular weight excluding hydrogens is 258 g/mol. The Labute approximate surface area is 121 Å². The molecule has 0 bridgehead atoms. The van der Waals surface area contributed by atoms with Gasteiger partial charge in [0.25, 0.3) is 0 Å². The minimum Gasteiger partial charge on any atom is -0.428 e. The molecule has 2 rings (SSSR count). The van der Waals surface area contributed by atoms with Crippen LogP contribution in [0, 0.1) is 5.82 Å². The van der Waals surface area contributed by atoms with E-state index in [-0.39, 0.29) is 10.6 Å². The highest BCUT2D eigenvalue weighted by molar-refractivity contribution is 7.81. The minimum atomic E-state index is -0.427. The Hall–Kier alpha value is -0.475. The summed E-state index contributed by atoms with van der Waals surface area (Å²) in [7, 11) is 1.69. The second kappa shape index (κ2) is 5.14. The number of rotatable bonds is 5. The third-order valence-electron chi connectivity index (χ3n) is 4.03. The van der Waals surface area contributed by atoms with E-state index in [9.17, 15) is 4.39 Å². The van der Waals surface area contributed by atoms with Gasteiger partial charge in [0.2, 0.25) is 0 Å². The van der Waals surface area contributed by atoms with E-state index in [0.29, 0.717) is 5.92 Å². The Kier molecular flexibility index (Phi) is 4.03. The van der Waals surface area contributed by atoms with Crippen LogP contribution in [0.3, 0.4) is 0 Å². The lowest BCUT2D eigenvalue weighted by Gasteiger charge is -2.38. The van der Waals surface area contributed by atoms with Gasteiger partial charge in [0.05, 0.1) is 5.60 Å². The molecule has 1 radical (unpaired) electrons. The Balaban J connectivity index is 2.14. The molecule has 1 saturated carbocycles. The molecule has 4 heteroatoms. The van der Waals surface area contributed by atoms with Crippen LogP contribution in [-0.2, 0) is 4.65 Å². The van der Waals surface area contributed by atoms with Crippen LogP contribution in [0.15, 0.2) is 18.2 Å². The van der Waals surface area contributed by atoms with Gasteiger partial charge in [0.15, 0.2) is 0 Å². The molecule has 103 valence electrons. The van der Waals surface area contributed by atoms with E-state index in [1.165, 1.54) is 6.07 Å². The van der Waals surface area contributed by atoms with E-state index in [1.54, 1.807) is 13.5 Å². The van der Waals surface area contributed by atoms with E-state index in [0.717, 1.165) is 23.9 Å². The van der Waals surface area contributed by atoms with Crippen molar-refractivity contribution >= 4 is 25.6 Å². The molecule has 0 amide bonds. The summed E-state index contributed by atoms with van der Waals surface area (Å²) in [5.41, 5.74) is 1.23. The first kappa shape index (κ1) is 14.9. The van der Waals surface area contributed by atoms with Crippen LogP contribution < -0.4 is 5.46 Å². The average molecular weight is 279 g/mol. The third kappa shape index (κ3) is 3.35. The van der Waals surface area contributed by atoms with Crippen molar-refractivity contribution in [3.05, 3.63) is 29.6 Å². The summed E-state index contributed by atoms with van der Waals surface area (Å²) in [5.74, 6) is 0.242. The molecule has 1 aliphatic rings. The van der Waals surface area contributed by atoms with Gasteiger partial charge in [0.1, 0.15) is 5.82 Å². The average Bonchev–Trinajstić information content (AvgIpc) is 3.09. The molecule has 0 aromatic heterocycles. The normalized spacial score (nSPS) is 16.5. The van der Waals surface area contributed by atoms with Crippen molar-refractivity contribution in [3.63, 3.8) is 0 Å². The van der Waals surface area contributed by atoms with Crippen molar-refractivity contribution in [1.82, 2.24) is 0 Å². The quantitative estimate of drug-likeness (QED) is 0.641. The maximum absolute atomic E-state index is 13.9. The van der Waals surface area contributed by atoms with Crippen molar-refractivity contribution < 1.29 is 9.04 Å². The van der Waals surface area contributed by atoms with Crippen molar-refractivity contribution in [2.24, 2.45) is 0 Å². The first-order valence-electron chi connectivity index (χ1n) is 6.74. The molecule has 1 aromatic rings. The number of hydrogen-bond acceptors (Lipinski definition) is 2. The molecule has 0 atom stereocenters. The molecule has 1 nitrogen and oxygen atoms in total. The maximum Gasteiger partial charge on any atom is 0.331 e. The maximum atomic E-state index is 13.9. The van der Waals surface area contributed by atoms with Gasteiger partial charge in [-0.2, -0.15) is 12.6 Å². The van der Waals surface area contributed by atoms with Crippen molar-refractivity contribution in [3.8, 4) is 0 Å². The fourth-order valence-electron chi connectivity index (χ4n) is 1.81. The van der Waals surface area contributed by atoms with Crippen LogP contribution in [0.25, 0.3) is 0 Å². The Morgan fingerprint density at radius 1 is 1.26 bits per heavy atom. The fourth-order valence-corrected chi connectivity index (χ4v) is 1.87. The lowest BCUT2D eigenvalue weighted by molar-refractivity contribution is 0.0854. The zero-order chi connectivity index (χ0) is 14.3. The number of thiol groups is 1. The molecule has 1 aromatic carbocycles. The van der Waals surface area contributed by atoms with Crippen LogP contribution in [0.2, 0.25) is 0 Å². The number of benzene rings is 1. The van der Waals surface area contributed by atoms with Gasteiger partial charge < -0.3 is 4.65 Å². The first-order chi connectivity index (χ1) is 8.72. The molecule has 0 aliphatic heterocycles. The summed E-state index contributed by atoms with van der Waals surface area (Å²) >= 11 is 4.56. The van der Waals surface area contributed by atoms with Gasteiger partial charge >= 0.3 is 7.48 Å². The topological polar surface area (TPSA) is 9.23 Å². The highest BCUT2D eigenvalue weighted by Gasteiger charge is 2.36. The van der Waals surface area contributed by atoms with Crippen LogP contribution >= 0.6 is 12.6 Å². The van der Waals surface area contributed by atoms with Crippen molar-refractivity contribution in [1.29, 1.82) is 0 Å². The Morgan fingerprint density at radius 3 is 2.42 bits per heavy atom. The van der Waals surface area contributed by atoms with Gasteiger partial charge in [-0.25, -0.2) is 4.39 Å². The van der Waals surface area contributed by atoms with E-state index < -0.39 is 5.60 Å². The molecule has 0 heterocycles. The summed E-state index contributed by atoms with van der Waals surface area (Å²) in [6.45, 7) is 8.01. The largest absolute Gasteiger partial charge is 0.428 e. The van der Waals surface area contributed by atoms with E-state index in [2.05, 4.69) is 12.6 Å². The lowest BCUT2D eigenvalue weighted by Crippen LogP contribution is -2.46. The molecule has 1 fully saturated rings. The van der Waals surface area contributed by atoms with Crippen molar-refractivity contribution in [2.75, 3.05) is 0 Å². The molecule has 1 aliphatic carbocycles. The highest BCUT2D eigenvalue weighted by atomic mass is 32.1. The smallest absolute Gasteiger partial charge is 0.331 e. The summed E-state index contributed by atoms with van der Waals surface area (Å²) < 4.78 is 19.5. The summed E-state index contributed by atoms with van der Waals surface area (Å²) in [6.07, 6.45) is 2.15. The molecule has 0 N–H and O–H groups in total. The Bertz CT molecular complexity index is 464. The molecule has 0 unspecified atom stereocenters. The first-order valence-corrected chi connectivity index (χ1v) is 7.19. The SMILES string of the molecule is CC(C)(S)C(C)(C)O[B]c1cccc(F)c1C1CC1. The summed E-state index contributed by atoms with van der Waals surface area (Å²) in [6, 6.07) is 5.17. The van der Waals surface area contributed by atoms with Gasteiger partial charge in [-0.05, 0) is 63.5 Å². The molecule has 0 spiro atoms. The number of hydrogen-bond donors (Lipinski definition) is 1. The standard InChI is InChI=1S/C15H21BFOS/c1-14(2,15(3,4)19)18-16-11-6-5-7-12(17)13(11)10-8-9-10/h5-7,10,19H,8-9H2,1-4H3. The minimum absolute atomic E-state index is 0.122. The van der Waals surface area contributed by atoms with E-state index >= 15 is 0 Å². The molecule has 0 saturated heterocycles. The number of halogens is 1. The zero-order valence-corrected chi connectivity index (χ0v) is 12.9. The zero-order valence-electron chi connectivity index (χ0n) is 12.0. The van der Waals surface area contributed by atoms with E-state index in [1.807, 2.05) is 33.8 Å². The van der Waals surface area contributed by atoms with Crippen LogP contribution in [0.1, 0.15) is 52.0 Å². The predicted octanol–water partition coefficient (Wildman–Crippen LogP) is 3.45. The molecular formula is C15H21BFOS.